The molecule has 1 aliphatic carbocycles. The van der Waals surface area contributed by atoms with Gasteiger partial charge in [0.05, 0.1) is 0 Å². The van der Waals surface area contributed by atoms with Crippen LogP contribution in [0.3, 0.4) is 0 Å². The van der Waals surface area contributed by atoms with Crippen molar-refractivity contribution in [1.29, 1.82) is 0 Å². The lowest BCUT2D eigenvalue weighted by molar-refractivity contribution is 0.462. The van der Waals surface area contributed by atoms with Crippen molar-refractivity contribution in [2.75, 3.05) is 0 Å². The van der Waals surface area contributed by atoms with E-state index in [4.69, 9.17) is 11.6 Å². The highest BCUT2D eigenvalue weighted by Gasteiger charge is 2.25. The molecule has 154 valence electrons. The van der Waals surface area contributed by atoms with Crippen molar-refractivity contribution in [3.8, 4) is 0 Å². The molecule has 0 aliphatic heterocycles. The summed E-state index contributed by atoms with van der Waals surface area (Å²) >= 11 is 6.19. The summed E-state index contributed by atoms with van der Waals surface area (Å²) < 4.78 is 0. The summed E-state index contributed by atoms with van der Waals surface area (Å²) in [7, 11) is 0. The molecule has 0 aromatic rings. The van der Waals surface area contributed by atoms with Gasteiger partial charge < -0.3 is 0 Å². The Labute approximate surface area is 174 Å². The van der Waals surface area contributed by atoms with Crippen molar-refractivity contribution in [3.63, 3.8) is 0 Å². The van der Waals surface area contributed by atoms with Crippen LogP contribution in [0.5, 0.6) is 0 Å². The molecule has 0 heterocycles. The average Bonchev–Trinajstić information content (AvgIpc) is 3.05. The van der Waals surface area contributed by atoms with Crippen LogP contribution in [0.4, 0.5) is 0 Å². The van der Waals surface area contributed by atoms with E-state index in [1.807, 2.05) is 13.0 Å². The second kappa shape index (κ2) is 13.4. The van der Waals surface area contributed by atoms with Crippen molar-refractivity contribution < 1.29 is 0 Å². The van der Waals surface area contributed by atoms with Crippen LogP contribution in [-0.2, 0) is 0 Å². The lowest BCUT2D eigenvalue weighted by Crippen LogP contribution is -2.03. The fraction of sp³-hybridized carbons (Fsp3) is 0.692. The Kier molecular flexibility index (Phi) is 12.1. The third-order valence-corrected chi connectivity index (χ3v) is 6.81. The van der Waals surface area contributed by atoms with Gasteiger partial charge in [-0.15, -0.1) is 6.58 Å². The normalized spacial score (nSPS) is 22.4. The average molecular weight is 391 g/mol. The zero-order valence-electron chi connectivity index (χ0n) is 18.4. The van der Waals surface area contributed by atoms with Gasteiger partial charge in [-0.25, -0.2) is 0 Å². The molecule has 1 aliphatic rings. The zero-order chi connectivity index (χ0) is 20.2. The number of hydrogen-bond donors (Lipinski definition) is 0. The summed E-state index contributed by atoms with van der Waals surface area (Å²) in [5, 5.41) is 0.942. The molecule has 0 fully saturated rings. The maximum Gasteiger partial charge on any atom is 0.0144 e. The van der Waals surface area contributed by atoms with Crippen LogP contribution in [0.25, 0.3) is 0 Å². The van der Waals surface area contributed by atoms with E-state index >= 15 is 0 Å². The van der Waals surface area contributed by atoms with Gasteiger partial charge in [0.25, 0.3) is 0 Å². The molecule has 4 atom stereocenters. The van der Waals surface area contributed by atoms with Crippen LogP contribution in [0.15, 0.2) is 47.6 Å². The minimum Gasteiger partial charge on any atom is -0.103 e. The Morgan fingerprint density at radius 3 is 2.67 bits per heavy atom. The van der Waals surface area contributed by atoms with E-state index in [9.17, 15) is 0 Å². The van der Waals surface area contributed by atoms with Crippen LogP contribution in [-0.4, -0.2) is 0 Å². The molecule has 1 heteroatoms. The second-order valence-corrected chi connectivity index (χ2v) is 9.16. The van der Waals surface area contributed by atoms with Gasteiger partial charge in [0, 0.05) is 5.03 Å². The maximum absolute atomic E-state index is 6.19. The van der Waals surface area contributed by atoms with Gasteiger partial charge in [0.2, 0.25) is 0 Å². The van der Waals surface area contributed by atoms with Gasteiger partial charge in [-0.1, -0.05) is 81.2 Å². The molecule has 0 N–H and O–H groups in total. The molecule has 0 bridgehead atoms. The maximum atomic E-state index is 6.19. The number of allylic oxidation sites excluding steroid dienone is 6. The van der Waals surface area contributed by atoms with Gasteiger partial charge in [-0.3, -0.25) is 0 Å². The molecular weight excluding hydrogens is 348 g/mol. The van der Waals surface area contributed by atoms with Crippen molar-refractivity contribution in [2.24, 2.45) is 23.7 Å². The highest BCUT2D eigenvalue weighted by Crippen LogP contribution is 2.39. The molecule has 3 unspecified atom stereocenters. The Balaban J connectivity index is 2.45. The predicted octanol–water partition coefficient (Wildman–Crippen LogP) is 9.24. The molecule has 27 heavy (non-hydrogen) atoms. The number of halogens is 1. The molecule has 0 aromatic carbocycles. The van der Waals surface area contributed by atoms with E-state index in [0.717, 1.165) is 42.6 Å². The van der Waals surface area contributed by atoms with Gasteiger partial charge in [0.1, 0.15) is 0 Å². The summed E-state index contributed by atoms with van der Waals surface area (Å²) in [5.41, 5.74) is 3.14. The first-order valence-corrected chi connectivity index (χ1v) is 11.6. The van der Waals surface area contributed by atoms with Gasteiger partial charge in [0.15, 0.2) is 0 Å². The molecule has 0 spiro atoms. The standard InChI is InChI=1S/C26H43Cl/c1-7-20(5)12-11-13-25-18-23(17-24(25)9-3)16-21(6)14-15-22(8-2)19-26(27)10-4/h8,10,18,20,22-24H,2,6-7,9,11-17,19H2,1,3-5H3/b26-10+/t20?,22?,23?,24-/m1/s1. The first-order chi connectivity index (χ1) is 12.9. The van der Waals surface area contributed by atoms with Crippen LogP contribution >= 0.6 is 11.6 Å². The third-order valence-electron chi connectivity index (χ3n) is 6.44. The Hall–Kier alpha value is -0.750. The van der Waals surface area contributed by atoms with Crippen molar-refractivity contribution in [3.05, 3.63) is 47.6 Å². The zero-order valence-corrected chi connectivity index (χ0v) is 19.2. The highest BCUT2D eigenvalue weighted by molar-refractivity contribution is 6.29. The minimum absolute atomic E-state index is 0.462. The van der Waals surface area contributed by atoms with E-state index in [-0.39, 0.29) is 0 Å². The predicted molar refractivity (Wildman–Crippen MR) is 124 cm³/mol. The van der Waals surface area contributed by atoms with E-state index in [0.29, 0.717) is 11.8 Å². The summed E-state index contributed by atoms with van der Waals surface area (Å²) in [6.45, 7) is 17.4. The molecular formula is C26H43Cl. The lowest BCUT2D eigenvalue weighted by atomic mass is 9.89. The quantitative estimate of drug-likeness (QED) is 0.259. The summed E-state index contributed by atoms with van der Waals surface area (Å²) in [6, 6.07) is 0. The molecule has 0 saturated carbocycles. The Morgan fingerprint density at radius 1 is 1.33 bits per heavy atom. The second-order valence-electron chi connectivity index (χ2n) is 8.68. The molecule has 1 rings (SSSR count). The van der Waals surface area contributed by atoms with E-state index < -0.39 is 0 Å². The largest absolute Gasteiger partial charge is 0.103 e. The topological polar surface area (TPSA) is 0 Å². The van der Waals surface area contributed by atoms with Crippen LogP contribution in [0, 0.1) is 23.7 Å². The first kappa shape index (κ1) is 24.3. The smallest absolute Gasteiger partial charge is 0.0144 e. The lowest BCUT2D eigenvalue weighted by Gasteiger charge is -2.16. The van der Waals surface area contributed by atoms with Gasteiger partial charge in [-0.2, -0.15) is 0 Å². The summed E-state index contributed by atoms with van der Waals surface area (Å²) in [6.07, 6.45) is 18.9. The molecule has 0 saturated heterocycles. The first-order valence-electron chi connectivity index (χ1n) is 11.2. The molecule has 0 amide bonds. The van der Waals surface area contributed by atoms with Crippen LogP contribution in [0.1, 0.15) is 91.9 Å². The number of rotatable bonds is 14. The number of hydrogen-bond acceptors (Lipinski definition) is 0. The van der Waals surface area contributed by atoms with Crippen LogP contribution < -0.4 is 0 Å². The van der Waals surface area contributed by atoms with E-state index in [2.05, 4.69) is 46.1 Å². The van der Waals surface area contributed by atoms with Gasteiger partial charge in [-0.05, 0) is 82.0 Å². The fourth-order valence-electron chi connectivity index (χ4n) is 4.27. The van der Waals surface area contributed by atoms with Crippen molar-refractivity contribution in [1.82, 2.24) is 0 Å². The summed E-state index contributed by atoms with van der Waals surface area (Å²) in [5.74, 6) is 2.86. The van der Waals surface area contributed by atoms with Gasteiger partial charge >= 0.3 is 0 Å². The SMILES string of the molecule is C=CC(CCC(=C)CC1C=C(CCCC(C)CC)[C@H](CC)C1)C/C(Cl)=C\C. The molecule has 0 aromatic heterocycles. The van der Waals surface area contributed by atoms with E-state index in [1.165, 1.54) is 44.1 Å². The summed E-state index contributed by atoms with van der Waals surface area (Å²) in [4.78, 5) is 0. The monoisotopic (exact) mass is 390 g/mol. The van der Waals surface area contributed by atoms with Crippen LogP contribution in [0.2, 0.25) is 0 Å². The van der Waals surface area contributed by atoms with Crippen molar-refractivity contribution in [2.45, 2.75) is 91.9 Å². The Bertz CT molecular complexity index is 510. The Morgan fingerprint density at radius 2 is 2.07 bits per heavy atom. The fourth-order valence-corrected chi connectivity index (χ4v) is 4.47. The molecule has 0 nitrogen and oxygen atoms in total. The minimum atomic E-state index is 0.462. The van der Waals surface area contributed by atoms with E-state index in [1.54, 1.807) is 5.57 Å². The third kappa shape index (κ3) is 9.33. The van der Waals surface area contributed by atoms with Crippen molar-refractivity contribution >= 4 is 11.6 Å². The molecule has 0 radical (unpaired) electrons. The highest BCUT2D eigenvalue weighted by atomic mass is 35.5.